The lowest BCUT2D eigenvalue weighted by Crippen LogP contribution is -2.55. The van der Waals surface area contributed by atoms with Crippen LogP contribution in [0.25, 0.3) is 0 Å². The van der Waals surface area contributed by atoms with Crippen molar-refractivity contribution in [2.45, 2.75) is 51.6 Å². The molecule has 0 saturated carbocycles. The fraction of sp³-hybridized carbons (Fsp3) is 0.556. The Morgan fingerprint density at radius 1 is 1.28 bits per heavy atom. The zero-order chi connectivity index (χ0) is 18.4. The van der Waals surface area contributed by atoms with Crippen molar-refractivity contribution in [1.29, 1.82) is 0 Å². The lowest BCUT2D eigenvalue weighted by molar-refractivity contribution is 0.0353. The summed E-state index contributed by atoms with van der Waals surface area (Å²) in [5.74, 6) is 0. The van der Waals surface area contributed by atoms with Gasteiger partial charge < -0.3 is 19.7 Å². The number of nitrogens with zero attached hydrogens (tertiary/aromatic N) is 1. The van der Waals surface area contributed by atoms with Crippen molar-refractivity contribution in [3.8, 4) is 0 Å². The number of carbonyl (C=O) groups is 2. The first kappa shape index (κ1) is 19.0. The van der Waals surface area contributed by atoms with Gasteiger partial charge in [-0.15, -0.1) is 0 Å². The van der Waals surface area contributed by atoms with Crippen LogP contribution in [-0.4, -0.2) is 48.0 Å². The molecule has 6 nitrogen and oxygen atoms in total. The second kappa shape index (κ2) is 8.18. The third-order valence-electron chi connectivity index (χ3n) is 3.69. The molecule has 1 saturated heterocycles. The molecule has 2 atom stereocenters. The molecule has 0 spiro atoms. The molecule has 25 heavy (non-hydrogen) atoms. The maximum absolute atomic E-state index is 14.1. The fourth-order valence-electron chi connectivity index (χ4n) is 2.49. The molecular weight excluding hydrogens is 327 g/mol. The zero-order valence-electron chi connectivity index (χ0n) is 14.8. The van der Waals surface area contributed by atoms with E-state index in [-0.39, 0.29) is 26.1 Å². The average Bonchev–Trinajstić information content (AvgIpc) is 2.54. The number of benzene rings is 1. The summed E-state index contributed by atoms with van der Waals surface area (Å²) in [6, 6.07) is 8.50. The van der Waals surface area contributed by atoms with Gasteiger partial charge in [0.15, 0.2) is 0 Å². The van der Waals surface area contributed by atoms with E-state index >= 15 is 0 Å². The van der Waals surface area contributed by atoms with Gasteiger partial charge in [0.1, 0.15) is 18.4 Å². The average molecular weight is 352 g/mol. The van der Waals surface area contributed by atoms with Gasteiger partial charge in [-0.1, -0.05) is 30.3 Å². The maximum Gasteiger partial charge on any atom is 0.410 e. The Morgan fingerprint density at radius 3 is 2.60 bits per heavy atom. The number of amides is 2. The molecule has 2 amide bonds. The number of rotatable bonds is 3. The van der Waals surface area contributed by atoms with Gasteiger partial charge in [0.05, 0.1) is 6.04 Å². The Hall–Kier alpha value is -2.31. The summed E-state index contributed by atoms with van der Waals surface area (Å²) in [5.41, 5.74) is 0.207. The van der Waals surface area contributed by atoms with Gasteiger partial charge in [-0.3, -0.25) is 0 Å². The monoisotopic (exact) mass is 352 g/mol. The highest BCUT2D eigenvalue weighted by Gasteiger charge is 2.34. The van der Waals surface area contributed by atoms with Crippen LogP contribution in [0.3, 0.4) is 0 Å². The molecule has 1 aliphatic rings. The minimum absolute atomic E-state index is 0.0496. The molecule has 0 aliphatic carbocycles. The minimum atomic E-state index is -1.23. The normalized spacial score (nSPS) is 20.7. The number of halogens is 1. The second-order valence-corrected chi connectivity index (χ2v) is 7.04. The highest BCUT2D eigenvalue weighted by atomic mass is 19.1. The SMILES string of the molecule is CC(C)(C)OC(=O)NC1CN(C(=O)OCc2ccccc2)CC[C@@H]1F. The Kier molecular flexibility index (Phi) is 6.22. The highest BCUT2D eigenvalue weighted by molar-refractivity contribution is 5.70. The third kappa shape index (κ3) is 6.25. The van der Waals surface area contributed by atoms with Crippen LogP contribution in [0, 0.1) is 0 Å². The first-order chi connectivity index (χ1) is 11.7. The Bertz CT molecular complexity index is 588. The summed E-state index contributed by atoms with van der Waals surface area (Å²) in [4.78, 5) is 25.4. The number of hydrogen-bond donors (Lipinski definition) is 1. The van der Waals surface area contributed by atoms with Crippen LogP contribution in [0.15, 0.2) is 30.3 Å². The van der Waals surface area contributed by atoms with Gasteiger partial charge in [-0.25, -0.2) is 14.0 Å². The van der Waals surface area contributed by atoms with Crippen LogP contribution >= 0.6 is 0 Å². The van der Waals surface area contributed by atoms with E-state index in [0.29, 0.717) is 0 Å². The third-order valence-corrected chi connectivity index (χ3v) is 3.69. The molecule has 0 bridgehead atoms. The number of carbonyl (C=O) groups excluding carboxylic acids is 2. The van der Waals surface area contributed by atoms with Crippen molar-refractivity contribution in [1.82, 2.24) is 10.2 Å². The van der Waals surface area contributed by atoms with E-state index in [0.717, 1.165) is 5.56 Å². The van der Waals surface area contributed by atoms with Gasteiger partial charge >= 0.3 is 12.2 Å². The predicted molar refractivity (Wildman–Crippen MR) is 90.9 cm³/mol. The number of hydrogen-bond acceptors (Lipinski definition) is 4. The van der Waals surface area contributed by atoms with Gasteiger partial charge in [0.25, 0.3) is 0 Å². The summed E-state index contributed by atoms with van der Waals surface area (Å²) in [6.07, 6.45) is -2.31. The highest BCUT2D eigenvalue weighted by Crippen LogP contribution is 2.17. The number of alkyl halides is 1. The van der Waals surface area contributed by atoms with Crippen LogP contribution in [0.5, 0.6) is 0 Å². The van der Waals surface area contributed by atoms with Crippen molar-refractivity contribution < 1.29 is 23.5 Å². The summed E-state index contributed by atoms with van der Waals surface area (Å²) >= 11 is 0. The minimum Gasteiger partial charge on any atom is -0.445 e. The molecule has 2 rings (SSSR count). The molecular formula is C18H25FN2O4. The molecule has 0 radical (unpaired) electrons. The van der Waals surface area contributed by atoms with Crippen molar-refractivity contribution in [3.05, 3.63) is 35.9 Å². The van der Waals surface area contributed by atoms with E-state index < -0.39 is 30.0 Å². The first-order valence-corrected chi connectivity index (χ1v) is 8.34. The van der Waals surface area contributed by atoms with Gasteiger partial charge in [0.2, 0.25) is 0 Å². The topological polar surface area (TPSA) is 67.9 Å². The fourth-order valence-corrected chi connectivity index (χ4v) is 2.49. The number of likely N-dealkylation sites (tertiary alicyclic amines) is 1. The molecule has 1 N–H and O–H groups in total. The largest absolute Gasteiger partial charge is 0.445 e. The quantitative estimate of drug-likeness (QED) is 0.907. The summed E-state index contributed by atoms with van der Waals surface area (Å²) in [7, 11) is 0. The Labute approximate surface area is 147 Å². The van der Waals surface area contributed by atoms with Gasteiger partial charge in [-0.2, -0.15) is 0 Å². The maximum atomic E-state index is 14.1. The van der Waals surface area contributed by atoms with Crippen LogP contribution in [0.4, 0.5) is 14.0 Å². The van der Waals surface area contributed by atoms with Crippen molar-refractivity contribution in [2.24, 2.45) is 0 Å². The molecule has 0 aromatic heterocycles. The predicted octanol–water partition coefficient (Wildman–Crippen LogP) is 3.26. The molecule has 1 unspecified atom stereocenters. The van der Waals surface area contributed by atoms with E-state index in [1.807, 2.05) is 30.3 Å². The summed E-state index contributed by atoms with van der Waals surface area (Å²) < 4.78 is 24.5. The van der Waals surface area contributed by atoms with Crippen molar-refractivity contribution >= 4 is 12.2 Å². The number of ether oxygens (including phenoxy) is 2. The lowest BCUT2D eigenvalue weighted by atomic mass is 10.0. The number of piperidine rings is 1. The van der Waals surface area contributed by atoms with Crippen LogP contribution in [0.2, 0.25) is 0 Å². The zero-order valence-corrected chi connectivity index (χ0v) is 14.8. The first-order valence-electron chi connectivity index (χ1n) is 8.34. The molecule has 1 heterocycles. The smallest absolute Gasteiger partial charge is 0.410 e. The second-order valence-electron chi connectivity index (χ2n) is 7.04. The van der Waals surface area contributed by atoms with Gasteiger partial charge in [-0.05, 0) is 32.8 Å². The number of nitrogens with one attached hydrogen (secondary N) is 1. The van der Waals surface area contributed by atoms with E-state index in [9.17, 15) is 14.0 Å². The molecule has 1 fully saturated rings. The van der Waals surface area contributed by atoms with E-state index in [1.165, 1.54) is 4.90 Å². The van der Waals surface area contributed by atoms with E-state index in [1.54, 1.807) is 20.8 Å². The molecule has 1 aromatic rings. The standard InChI is InChI=1S/C18H25FN2O4/c1-18(2,3)25-16(22)20-15-11-21(10-9-14(15)19)17(23)24-12-13-7-5-4-6-8-13/h4-8,14-15H,9-12H2,1-3H3,(H,20,22)/t14-,15?/m0/s1. The molecule has 138 valence electrons. The van der Waals surface area contributed by atoms with Crippen molar-refractivity contribution in [2.75, 3.05) is 13.1 Å². The van der Waals surface area contributed by atoms with Crippen LogP contribution in [0.1, 0.15) is 32.8 Å². The Balaban J connectivity index is 1.86. The molecule has 1 aliphatic heterocycles. The van der Waals surface area contributed by atoms with E-state index in [4.69, 9.17) is 9.47 Å². The lowest BCUT2D eigenvalue weighted by Gasteiger charge is -2.35. The van der Waals surface area contributed by atoms with Gasteiger partial charge in [0, 0.05) is 13.1 Å². The number of alkyl carbamates (subject to hydrolysis) is 1. The van der Waals surface area contributed by atoms with E-state index in [2.05, 4.69) is 5.32 Å². The molecule has 1 aromatic carbocycles. The summed E-state index contributed by atoms with van der Waals surface area (Å²) in [5, 5.41) is 2.50. The Morgan fingerprint density at radius 2 is 1.96 bits per heavy atom. The van der Waals surface area contributed by atoms with Crippen molar-refractivity contribution in [3.63, 3.8) is 0 Å². The summed E-state index contributed by atoms with van der Waals surface area (Å²) in [6.45, 7) is 5.64. The van der Waals surface area contributed by atoms with Crippen LogP contribution in [-0.2, 0) is 16.1 Å². The van der Waals surface area contributed by atoms with Crippen LogP contribution < -0.4 is 5.32 Å². The molecule has 7 heteroatoms.